The van der Waals surface area contributed by atoms with Gasteiger partial charge in [-0.15, -0.1) is 0 Å². The Morgan fingerprint density at radius 1 is 1.36 bits per heavy atom. The predicted molar refractivity (Wildman–Crippen MR) is 98.3 cm³/mol. The third kappa shape index (κ3) is 3.06. The fourth-order valence-corrected chi connectivity index (χ4v) is 3.83. The Kier molecular flexibility index (Phi) is 4.30. The molecule has 0 bridgehead atoms. The molecular formula is C20H24N4O. The van der Waals surface area contributed by atoms with Gasteiger partial charge in [0.1, 0.15) is 6.04 Å². The fourth-order valence-electron chi connectivity index (χ4n) is 3.83. The third-order valence-electron chi connectivity index (χ3n) is 5.16. The summed E-state index contributed by atoms with van der Waals surface area (Å²) in [6.45, 7) is 2.55. The summed E-state index contributed by atoms with van der Waals surface area (Å²) >= 11 is 0. The molecule has 130 valence electrons. The Morgan fingerprint density at radius 2 is 2.24 bits per heavy atom. The van der Waals surface area contributed by atoms with Crippen LogP contribution < -0.4 is 5.32 Å². The van der Waals surface area contributed by atoms with E-state index in [1.54, 1.807) is 10.9 Å². The fraction of sp³-hybridized carbons (Fsp3) is 0.400. The molecule has 4 rings (SSSR count). The summed E-state index contributed by atoms with van der Waals surface area (Å²) in [5.74, 6) is 0.0161. The topological polar surface area (TPSA) is 62.7 Å². The molecule has 2 aromatic heterocycles. The van der Waals surface area contributed by atoms with E-state index in [1.165, 1.54) is 35.0 Å². The number of aromatic amines is 1. The largest absolute Gasteiger partial charge is 0.358 e. The van der Waals surface area contributed by atoms with Crippen LogP contribution in [0, 0.1) is 0 Å². The van der Waals surface area contributed by atoms with Gasteiger partial charge in [-0.1, -0.05) is 13.0 Å². The van der Waals surface area contributed by atoms with Crippen LogP contribution in [-0.4, -0.2) is 20.7 Å². The Labute approximate surface area is 147 Å². The number of nitrogens with one attached hydrogen (secondary N) is 2. The zero-order valence-electron chi connectivity index (χ0n) is 14.6. The summed E-state index contributed by atoms with van der Waals surface area (Å²) in [7, 11) is 0. The number of hydrogen-bond donors (Lipinski definition) is 2. The number of fused-ring (bicyclic) bond motifs is 3. The number of nitrogens with zero attached hydrogens (tertiary/aromatic N) is 2. The van der Waals surface area contributed by atoms with Crippen molar-refractivity contribution in [1.29, 1.82) is 0 Å². The maximum absolute atomic E-state index is 12.5. The van der Waals surface area contributed by atoms with Crippen LogP contribution in [0.2, 0.25) is 0 Å². The molecule has 1 aromatic carbocycles. The average molecular weight is 336 g/mol. The number of benzene rings is 1. The van der Waals surface area contributed by atoms with Crippen molar-refractivity contribution in [2.45, 2.75) is 51.6 Å². The van der Waals surface area contributed by atoms with Gasteiger partial charge in [-0.25, -0.2) is 0 Å². The smallest absolute Gasteiger partial charge is 0.245 e. The summed E-state index contributed by atoms with van der Waals surface area (Å²) in [6, 6.07) is 8.06. The third-order valence-corrected chi connectivity index (χ3v) is 5.16. The first-order valence-electron chi connectivity index (χ1n) is 9.15. The molecule has 3 aromatic rings. The Hall–Kier alpha value is -2.56. The van der Waals surface area contributed by atoms with E-state index >= 15 is 0 Å². The summed E-state index contributed by atoms with van der Waals surface area (Å²) in [6.07, 6.45) is 9.11. The van der Waals surface area contributed by atoms with Crippen molar-refractivity contribution in [2.75, 3.05) is 0 Å². The van der Waals surface area contributed by atoms with Crippen molar-refractivity contribution >= 4 is 16.8 Å². The number of aromatic nitrogens is 3. The van der Waals surface area contributed by atoms with Crippen molar-refractivity contribution < 1.29 is 4.79 Å². The van der Waals surface area contributed by atoms with Gasteiger partial charge >= 0.3 is 0 Å². The highest BCUT2D eigenvalue weighted by Crippen LogP contribution is 2.29. The van der Waals surface area contributed by atoms with Crippen molar-refractivity contribution in [2.24, 2.45) is 0 Å². The van der Waals surface area contributed by atoms with Crippen molar-refractivity contribution in [3.63, 3.8) is 0 Å². The zero-order chi connectivity index (χ0) is 17.2. The average Bonchev–Trinajstić information content (AvgIpc) is 3.28. The summed E-state index contributed by atoms with van der Waals surface area (Å²) < 4.78 is 1.72. The molecule has 0 unspecified atom stereocenters. The monoisotopic (exact) mass is 336 g/mol. The maximum Gasteiger partial charge on any atom is 0.245 e. The van der Waals surface area contributed by atoms with Crippen LogP contribution in [0.1, 0.15) is 49.0 Å². The second-order valence-electron chi connectivity index (χ2n) is 6.80. The normalized spacial score (nSPS) is 15.1. The minimum atomic E-state index is -0.251. The lowest BCUT2D eigenvalue weighted by molar-refractivity contribution is -0.124. The second kappa shape index (κ2) is 6.75. The van der Waals surface area contributed by atoms with Gasteiger partial charge in [0.25, 0.3) is 0 Å². The summed E-state index contributed by atoms with van der Waals surface area (Å²) in [4.78, 5) is 16.1. The molecule has 5 nitrogen and oxygen atoms in total. The van der Waals surface area contributed by atoms with E-state index in [9.17, 15) is 4.79 Å². The number of carbonyl (C=O) groups is 1. The zero-order valence-corrected chi connectivity index (χ0v) is 14.6. The Balaban J connectivity index is 1.50. The first-order chi connectivity index (χ1) is 12.3. The van der Waals surface area contributed by atoms with Crippen molar-refractivity contribution in [3.05, 3.63) is 53.5 Å². The first kappa shape index (κ1) is 15.9. The maximum atomic E-state index is 12.5. The Morgan fingerprint density at radius 3 is 3.04 bits per heavy atom. The molecular weight excluding hydrogens is 312 g/mol. The van der Waals surface area contributed by atoms with Crippen LogP contribution >= 0.6 is 0 Å². The highest BCUT2D eigenvalue weighted by molar-refractivity contribution is 5.86. The highest BCUT2D eigenvalue weighted by Gasteiger charge is 2.19. The molecule has 2 heterocycles. The lowest BCUT2D eigenvalue weighted by Crippen LogP contribution is -2.32. The van der Waals surface area contributed by atoms with Crippen molar-refractivity contribution in [1.82, 2.24) is 20.1 Å². The molecule has 0 saturated heterocycles. The molecule has 0 aliphatic heterocycles. The van der Waals surface area contributed by atoms with E-state index in [4.69, 9.17) is 0 Å². The number of carbonyl (C=O) groups excluding carboxylic acids is 1. The number of H-pyrrole nitrogens is 1. The molecule has 1 atom stereocenters. The molecule has 0 spiro atoms. The van der Waals surface area contributed by atoms with E-state index in [2.05, 4.69) is 33.6 Å². The highest BCUT2D eigenvalue weighted by atomic mass is 16.2. The molecule has 2 N–H and O–H groups in total. The number of amides is 1. The molecule has 1 aliphatic rings. The number of rotatable bonds is 5. The minimum absolute atomic E-state index is 0.0161. The quantitative estimate of drug-likeness (QED) is 0.749. The number of aryl methyl sites for hydroxylation is 2. The second-order valence-corrected chi connectivity index (χ2v) is 6.80. The molecule has 1 amide bonds. The van der Waals surface area contributed by atoms with Crippen LogP contribution in [0.5, 0.6) is 0 Å². The minimum Gasteiger partial charge on any atom is -0.358 e. The van der Waals surface area contributed by atoms with E-state index in [0.29, 0.717) is 6.54 Å². The molecule has 0 fully saturated rings. The molecule has 0 radical (unpaired) electrons. The predicted octanol–water partition coefficient (Wildman–Crippen LogP) is 3.51. The van der Waals surface area contributed by atoms with Gasteiger partial charge in [0, 0.05) is 35.5 Å². The van der Waals surface area contributed by atoms with Crippen LogP contribution in [0.4, 0.5) is 0 Å². The first-order valence-corrected chi connectivity index (χ1v) is 9.15. The van der Waals surface area contributed by atoms with Gasteiger partial charge in [-0.05, 0) is 61.4 Å². The van der Waals surface area contributed by atoms with Gasteiger partial charge in [-0.2, -0.15) is 5.10 Å². The van der Waals surface area contributed by atoms with Gasteiger partial charge in [0.2, 0.25) is 5.91 Å². The summed E-state index contributed by atoms with van der Waals surface area (Å²) in [5.41, 5.74) is 5.22. The van der Waals surface area contributed by atoms with Crippen molar-refractivity contribution in [3.8, 4) is 0 Å². The van der Waals surface area contributed by atoms with E-state index in [1.807, 2.05) is 19.2 Å². The van der Waals surface area contributed by atoms with Crippen LogP contribution in [-0.2, 0) is 24.2 Å². The molecule has 25 heavy (non-hydrogen) atoms. The van der Waals surface area contributed by atoms with E-state index in [-0.39, 0.29) is 11.9 Å². The lowest BCUT2D eigenvalue weighted by Gasteiger charge is -2.15. The standard InChI is InChI=1S/C20H24N4O/c1-2-19(24-11-5-10-22-24)20(25)21-13-14-8-9-18-16(12-14)15-6-3-4-7-17(15)23-18/h5,8-12,19,23H,2-4,6-7,13H2,1H3,(H,21,25)/t19-/m1/s1. The van der Waals surface area contributed by atoms with Gasteiger partial charge in [0.15, 0.2) is 0 Å². The van der Waals surface area contributed by atoms with Crippen LogP contribution in [0.3, 0.4) is 0 Å². The number of hydrogen-bond acceptors (Lipinski definition) is 2. The summed E-state index contributed by atoms with van der Waals surface area (Å²) in [5, 5.41) is 8.58. The molecule has 1 aliphatic carbocycles. The van der Waals surface area contributed by atoms with E-state index in [0.717, 1.165) is 24.8 Å². The molecule has 0 saturated carbocycles. The van der Waals surface area contributed by atoms with E-state index < -0.39 is 0 Å². The van der Waals surface area contributed by atoms with Crippen LogP contribution in [0.25, 0.3) is 10.9 Å². The van der Waals surface area contributed by atoms with Gasteiger partial charge in [0.05, 0.1) is 0 Å². The van der Waals surface area contributed by atoms with Gasteiger partial charge in [-0.3, -0.25) is 9.48 Å². The SMILES string of the molecule is CC[C@H](C(=O)NCc1ccc2[nH]c3c(c2c1)CCCC3)n1cccn1. The Bertz CT molecular complexity index is 879. The lowest BCUT2D eigenvalue weighted by atomic mass is 9.95. The molecule has 5 heteroatoms. The van der Waals surface area contributed by atoms with Crippen LogP contribution in [0.15, 0.2) is 36.7 Å². The van der Waals surface area contributed by atoms with Gasteiger partial charge < -0.3 is 10.3 Å².